The summed E-state index contributed by atoms with van der Waals surface area (Å²) in [5.74, 6) is 1.63. The minimum atomic E-state index is 0. The quantitative estimate of drug-likeness (QED) is 0.441. The molecular weight excluding hydrogens is 429 g/mol. The summed E-state index contributed by atoms with van der Waals surface area (Å²) in [6, 6.07) is 1.96. The Hall–Kier alpha value is -1.22. The van der Waals surface area contributed by atoms with Crippen LogP contribution in [0.2, 0.25) is 5.02 Å². The minimum Gasteiger partial charge on any atom is -0.361 e. The van der Waals surface area contributed by atoms with E-state index >= 15 is 0 Å². The maximum atomic E-state index is 6.02. The summed E-state index contributed by atoms with van der Waals surface area (Å²) >= 11 is 6.02. The Morgan fingerprint density at radius 3 is 2.65 bits per heavy atom. The molecule has 2 aromatic rings. The normalized spacial score (nSPS) is 11.3. The highest BCUT2D eigenvalue weighted by molar-refractivity contribution is 14.0. The Kier molecular flexibility index (Phi) is 7.40. The molecule has 0 atom stereocenters. The average Bonchev–Trinajstić information content (AvgIpc) is 2.94. The van der Waals surface area contributed by atoms with Crippen molar-refractivity contribution in [1.29, 1.82) is 0 Å². The summed E-state index contributed by atoms with van der Waals surface area (Å²) < 4.78 is 7.19. The third-order valence-corrected chi connectivity index (χ3v) is 3.86. The van der Waals surface area contributed by atoms with E-state index in [1.165, 1.54) is 0 Å². The largest absolute Gasteiger partial charge is 0.361 e. The van der Waals surface area contributed by atoms with Gasteiger partial charge in [0.1, 0.15) is 5.76 Å². The number of guanidine groups is 1. The molecule has 0 aliphatic heterocycles. The first-order valence-electron chi connectivity index (χ1n) is 7.06. The van der Waals surface area contributed by atoms with E-state index in [0.29, 0.717) is 13.1 Å². The fourth-order valence-electron chi connectivity index (χ4n) is 2.35. The average molecular weight is 452 g/mol. The first-order valence-corrected chi connectivity index (χ1v) is 7.44. The number of hydrogen-bond acceptors (Lipinski definition) is 3. The van der Waals surface area contributed by atoms with Gasteiger partial charge < -0.3 is 19.3 Å². The molecule has 0 unspecified atom stereocenters. The second-order valence-corrected chi connectivity index (χ2v) is 5.76. The highest BCUT2D eigenvalue weighted by Crippen LogP contribution is 2.15. The molecule has 0 fully saturated rings. The van der Waals surface area contributed by atoms with Crippen LogP contribution in [0.15, 0.2) is 21.8 Å². The van der Waals surface area contributed by atoms with Gasteiger partial charge in [0.2, 0.25) is 0 Å². The summed E-state index contributed by atoms with van der Waals surface area (Å²) in [7, 11) is 5.74. The molecule has 0 amide bonds. The van der Waals surface area contributed by atoms with Gasteiger partial charge in [-0.15, -0.1) is 24.0 Å². The molecular formula is C15H23ClIN5O. The van der Waals surface area contributed by atoms with Gasteiger partial charge in [0.25, 0.3) is 0 Å². The Bertz CT molecular complexity index is 660. The van der Waals surface area contributed by atoms with Crippen molar-refractivity contribution in [3.05, 3.63) is 40.0 Å². The van der Waals surface area contributed by atoms with Gasteiger partial charge in [-0.25, -0.2) is 0 Å². The van der Waals surface area contributed by atoms with Gasteiger partial charge in [0.05, 0.1) is 17.3 Å². The zero-order valence-electron chi connectivity index (χ0n) is 14.1. The van der Waals surface area contributed by atoms with E-state index in [9.17, 15) is 0 Å². The molecule has 1 N–H and O–H groups in total. The van der Waals surface area contributed by atoms with Crippen LogP contribution in [-0.4, -0.2) is 34.7 Å². The van der Waals surface area contributed by atoms with E-state index in [4.69, 9.17) is 16.1 Å². The van der Waals surface area contributed by atoms with Gasteiger partial charge in [-0.2, -0.15) is 0 Å². The van der Waals surface area contributed by atoms with Crippen LogP contribution in [-0.2, 0) is 20.1 Å². The number of nitrogens with one attached hydrogen (secondary N) is 1. The lowest BCUT2D eigenvalue weighted by Gasteiger charge is -2.22. The van der Waals surface area contributed by atoms with Crippen molar-refractivity contribution < 1.29 is 4.52 Å². The monoisotopic (exact) mass is 451 g/mol. The molecule has 0 aliphatic carbocycles. The molecule has 2 heterocycles. The highest BCUT2D eigenvalue weighted by atomic mass is 127. The standard InChI is InChI=1S/C15H22ClN5O.HI/c1-10-14(11(2)22-19-10)7-18-15(17-3)21(5)9-13-6-12(16)8-20(13)4;/h6,8H,7,9H2,1-5H3,(H,17,18);1H. The SMILES string of the molecule is CN=C(NCc1c(C)noc1C)N(C)Cc1cc(Cl)cn1C.I. The first-order chi connectivity index (χ1) is 10.4. The molecule has 128 valence electrons. The van der Waals surface area contributed by atoms with Gasteiger partial charge in [-0.1, -0.05) is 16.8 Å². The van der Waals surface area contributed by atoms with Crippen molar-refractivity contribution in [3.8, 4) is 0 Å². The van der Waals surface area contributed by atoms with Gasteiger partial charge in [-0.3, -0.25) is 4.99 Å². The van der Waals surface area contributed by atoms with Crippen molar-refractivity contribution in [2.24, 2.45) is 12.0 Å². The summed E-state index contributed by atoms with van der Waals surface area (Å²) in [6.45, 7) is 5.19. The van der Waals surface area contributed by atoms with Gasteiger partial charge in [-0.05, 0) is 19.9 Å². The zero-order chi connectivity index (χ0) is 16.3. The van der Waals surface area contributed by atoms with E-state index in [1.807, 2.05) is 49.7 Å². The number of nitrogens with zero attached hydrogens (tertiary/aromatic N) is 4. The molecule has 6 nitrogen and oxygen atoms in total. The smallest absolute Gasteiger partial charge is 0.194 e. The van der Waals surface area contributed by atoms with E-state index in [2.05, 4.69) is 15.5 Å². The predicted octanol–water partition coefficient (Wildman–Crippen LogP) is 3.11. The summed E-state index contributed by atoms with van der Waals surface area (Å²) in [4.78, 5) is 6.36. The summed E-state index contributed by atoms with van der Waals surface area (Å²) in [5, 5.41) is 8.03. The summed E-state index contributed by atoms with van der Waals surface area (Å²) in [5.41, 5.74) is 3.08. The molecule has 0 bridgehead atoms. The molecule has 0 saturated heterocycles. The van der Waals surface area contributed by atoms with Crippen molar-refractivity contribution in [3.63, 3.8) is 0 Å². The number of rotatable bonds is 4. The Morgan fingerprint density at radius 2 is 2.17 bits per heavy atom. The van der Waals surface area contributed by atoms with Crippen LogP contribution in [0.4, 0.5) is 0 Å². The molecule has 8 heteroatoms. The van der Waals surface area contributed by atoms with Crippen LogP contribution in [0.1, 0.15) is 22.7 Å². The van der Waals surface area contributed by atoms with E-state index in [0.717, 1.165) is 33.7 Å². The second kappa shape index (κ2) is 8.58. The maximum Gasteiger partial charge on any atom is 0.194 e. The molecule has 0 aromatic carbocycles. The fourth-order valence-corrected chi connectivity index (χ4v) is 2.62. The fraction of sp³-hybridized carbons (Fsp3) is 0.467. The third kappa shape index (κ3) is 4.87. The number of aliphatic imine (C=N–C) groups is 1. The minimum absolute atomic E-state index is 0. The number of aromatic nitrogens is 2. The molecule has 0 saturated carbocycles. The molecule has 0 aliphatic rings. The Morgan fingerprint density at radius 1 is 1.48 bits per heavy atom. The molecule has 0 spiro atoms. The lowest BCUT2D eigenvalue weighted by Crippen LogP contribution is -2.38. The third-order valence-electron chi connectivity index (χ3n) is 3.65. The topological polar surface area (TPSA) is 58.6 Å². The molecule has 2 aromatic heterocycles. The Balaban J connectivity index is 0.00000264. The van der Waals surface area contributed by atoms with Gasteiger partial charge in [0.15, 0.2) is 5.96 Å². The van der Waals surface area contributed by atoms with Crippen LogP contribution in [0.3, 0.4) is 0 Å². The molecule has 23 heavy (non-hydrogen) atoms. The van der Waals surface area contributed by atoms with Crippen molar-refractivity contribution in [2.75, 3.05) is 14.1 Å². The van der Waals surface area contributed by atoms with Gasteiger partial charge in [0, 0.05) is 45.1 Å². The van der Waals surface area contributed by atoms with Crippen LogP contribution >= 0.6 is 35.6 Å². The molecule has 2 rings (SSSR count). The zero-order valence-corrected chi connectivity index (χ0v) is 17.1. The van der Waals surface area contributed by atoms with Crippen molar-refractivity contribution in [2.45, 2.75) is 26.9 Å². The van der Waals surface area contributed by atoms with E-state index < -0.39 is 0 Å². The first kappa shape index (κ1) is 19.8. The van der Waals surface area contributed by atoms with Crippen molar-refractivity contribution in [1.82, 2.24) is 19.9 Å². The van der Waals surface area contributed by atoms with Crippen LogP contribution in [0.5, 0.6) is 0 Å². The van der Waals surface area contributed by atoms with Crippen molar-refractivity contribution >= 4 is 41.5 Å². The number of hydrogen-bond donors (Lipinski definition) is 1. The van der Waals surface area contributed by atoms with Crippen LogP contribution < -0.4 is 5.32 Å². The lowest BCUT2D eigenvalue weighted by atomic mass is 10.2. The Labute approximate surface area is 158 Å². The number of halogens is 2. The van der Waals surface area contributed by atoms with Gasteiger partial charge >= 0.3 is 0 Å². The van der Waals surface area contributed by atoms with Crippen LogP contribution in [0, 0.1) is 13.8 Å². The number of aryl methyl sites for hydroxylation is 3. The summed E-state index contributed by atoms with van der Waals surface area (Å²) in [6.07, 6.45) is 1.89. The van der Waals surface area contributed by atoms with E-state index in [-0.39, 0.29) is 24.0 Å². The van der Waals surface area contributed by atoms with Crippen LogP contribution in [0.25, 0.3) is 0 Å². The maximum absolute atomic E-state index is 6.02. The lowest BCUT2D eigenvalue weighted by molar-refractivity contribution is 0.392. The highest BCUT2D eigenvalue weighted by Gasteiger charge is 2.13. The molecule has 0 radical (unpaired) electrons. The van der Waals surface area contributed by atoms with E-state index in [1.54, 1.807) is 7.05 Å². The predicted molar refractivity (Wildman–Crippen MR) is 103 cm³/mol. The second-order valence-electron chi connectivity index (χ2n) is 5.32.